The molecule has 0 bridgehead atoms. The van der Waals surface area contributed by atoms with E-state index in [1.54, 1.807) is 4.80 Å². The summed E-state index contributed by atoms with van der Waals surface area (Å²) in [4.78, 5) is 1.67. The fourth-order valence-electron chi connectivity index (χ4n) is 6.52. The molecule has 0 aliphatic rings. The summed E-state index contributed by atoms with van der Waals surface area (Å²) in [6.45, 7) is 6.91. The van der Waals surface area contributed by atoms with Gasteiger partial charge in [0.15, 0.2) is 0 Å². The van der Waals surface area contributed by atoms with Crippen molar-refractivity contribution >= 4 is 23.6 Å². The molecule has 3 aromatic rings. The van der Waals surface area contributed by atoms with Crippen molar-refractivity contribution in [3.8, 4) is 11.4 Å². The monoisotopic (exact) mass is 581 g/mol. The Morgan fingerprint density at radius 1 is 0.561 bits per heavy atom. The van der Waals surface area contributed by atoms with Crippen LogP contribution in [0, 0.1) is 0 Å². The first-order valence-electron chi connectivity index (χ1n) is 17.3. The number of unbranched alkanes of at least 4 members (excludes halogenated alkanes) is 15. The number of nitrogens with zero attached hydrogens (tertiary/aromatic N) is 3. The molecule has 1 N–H and O–H groups in total. The molecule has 4 nitrogen and oxygen atoms in total. The molecule has 0 unspecified atom stereocenters. The zero-order valence-electron chi connectivity index (χ0n) is 26.7. The van der Waals surface area contributed by atoms with Gasteiger partial charge in [0.2, 0.25) is 0 Å². The first-order valence-corrected chi connectivity index (χ1v) is 19.9. The maximum absolute atomic E-state index is 11.0. The van der Waals surface area contributed by atoms with Crippen molar-refractivity contribution in [2.75, 3.05) is 18.5 Å². The number of phenolic OH excluding ortho intramolecular Hbond substituents is 1. The molecule has 1 heterocycles. The topological polar surface area (TPSA) is 50.9 Å². The molecule has 0 fully saturated rings. The van der Waals surface area contributed by atoms with Crippen LogP contribution in [0.15, 0.2) is 42.5 Å². The molecule has 3 rings (SSSR count). The second kappa shape index (κ2) is 19.3. The van der Waals surface area contributed by atoms with Crippen molar-refractivity contribution in [1.29, 1.82) is 0 Å². The van der Waals surface area contributed by atoms with Gasteiger partial charge in [-0.3, -0.25) is 0 Å². The van der Waals surface area contributed by atoms with Gasteiger partial charge in [-0.15, -0.1) is 0 Å². The predicted molar refractivity (Wildman–Crippen MR) is 183 cm³/mol. The Labute approximate surface area is 252 Å². The van der Waals surface area contributed by atoms with E-state index in [9.17, 15) is 5.11 Å². The predicted octanol–water partition coefficient (Wildman–Crippen LogP) is 10.6. The zero-order chi connectivity index (χ0) is 29.2. The van der Waals surface area contributed by atoms with Gasteiger partial charge in [-0.1, -0.05) is 0 Å². The summed E-state index contributed by atoms with van der Waals surface area (Å²) in [5.74, 6) is 0.274. The fraction of sp³-hybridized carbons (Fsp3) is 0.667. The van der Waals surface area contributed by atoms with E-state index in [0.717, 1.165) is 16.7 Å². The van der Waals surface area contributed by atoms with Gasteiger partial charge < -0.3 is 0 Å². The standard InChI is InChI=1S/C36H60N3OP/c1-4-7-10-13-16-21-28-41(29-22-17-14-11-8-5-2,30-23-18-15-12-9-6-3)32-26-27-36(40)35(31-32)39-37-33-24-19-20-25-34(33)38-39/h19-20,24-27,31,40-41H,4-18,21-23,28-30H2,1-3H3. The van der Waals surface area contributed by atoms with Crippen molar-refractivity contribution in [2.24, 2.45) is 0 Å². The molecule has 1 aromatic heterocycles. The van der Waals surface area contributed by atoms with Gasteiger partial charge in [-0.2, -0.15) is 0 Å². The minimum atomic E-state index is -1.78. The van der Waals surface area contributed by atoms with Gasteiger partial charge in [0, 0.05) is 0 Å². The van der Waals surface area contributed by atoms with Crippen molar-refractivity contribution in [2.45, 2.75) is 136 Å². The van der Waals surface area contributed by atoms with Crippen molar-refractivity contribution < 1.29 is 5.11 Å². The second-order valence-electron chi connectivity index (χ2n) is 12.5. The van der Waals surface area contributed by atoms with Crippen LogP contribution in [-0.4, -0.2) is 38.6 Å². The second-order valence-corrected chi connectivity index (χ2v) is 17.2. The van der Waals surface area contributed by atoms with Gasteiger partial charge in [-0.05, 0) is 0 Å². The van der Waals surface area contributed by atoms with Crippen molar-refractivity contribution in [3.05, 3.63) is 42.5 Å². The van der Waals surface area contributed by atoms with Gasteiger partial charge in [0.05, 0.1) is 0 Å². The van der Waals surface area contributed by atoms with E-state index in [1.807, 2.05) is 30.3 Å². The molecule has 0 radical (unpaired) electrons. The van der Waals surface area contributed by atoms with E-state index in [4.69, 9.17) is 10.2 Å². The number of hydrogen-bond acceptors (Lipinski definition) is 3. The van der Waals surface area contributed by atoms with Gasteiger partial charge in [-0.25, -0.2) is 0 Å². The molecule has 0 saturated heterocycles. The van der Waals surface area contributed by atoms with E-state index in [-0.39, 0.29) is 5.75 Å². The molecule has 0 saturated carbocycles. The number of hydrogen-bond donors (Lipinski definition) is 1. The van der Waals surface area contributed by atoms with Crippen LogP contribution in [-0.2, 0) is 0 Å². The van der Waals surface area contributed by atoms with E-state index in [1.165, 1.54) is 139 Å². The third-order valence-electron chi connectivity index (χ3n) is 9.12. The summed E-state index contributed by atoms with van der Waals surface area (Å²) in [6, 6.07) is 14.5. The number of aromatic hydroxyl groups is 1. The Bertz CT molecular complexity index is 1040. The average molecular weight is 582 g/mol. The quantitative estimate of drug-likeness (QED) is 0.0895. The first-order chi connectivity index (χ1) is 20.1. The van der Waals surface area contributed by atoms with Crippen LogP contribution in [0.1, 0.15) is 136 Å². The summed E-state index contributed by atoms with van der Waals surface area (Å²) in [5, 5.41) is 22.0. The molecule has 5 heteroatoms. The number of benzene rings is 2. The molecule has 0 spiro atoms. The summed E-state index contributed by atoms with van der Waals surface area (Å²) in [6.07, 6.45) is 28.5. The van der Waals surface area contributed by atoms with E-state index in [2.05, 4.69) is 32.9 Å². The minimum absolute atomic E-state index is 0.274. The number of rotatable bonds is 23. The van der Waals surface area contributed by atoms with Crippen LogP contribution in [0.25, 0.3) is 16.7 Å². The molecule has 0 aliphatic carbocycles. The molecule has 0 amide bonds. The molecular formula is C36H60N3OP. The van der Waals surface area contributed by atoms with Crippen LogP contribution in [0.2, 0.25) is 0 Å². The van der Waals surface area contributed by atoms with Crippen molar-refractivity contribution in [3.63, 3.8) is 0 Å². The average Bonchev–Trinajstić information content (AvgIpc) is 3.42. The summed E-state index contributed by atoms with van der Waals surface area (Å²) >= 11 is 0. The Morgan fingerprint density at radius 2 is 0.976 bits per heavy atom. The number of aromatic nitrogens is 3. The van der Waals surface area contributed by atoms with E-state index >= 15 is 0 Å². The maximum atomic E-state index is 11.0. The first kappa shape index (κ1) is 33.6. The Kier molecular flexibility index (Phi) is 15.8. The van der Waals surface area contributed by atoms with Gasteiger partial charge >= 0.3 is 252 Å². The Morgan fingerprint density at radius 3 is 1.41 bits per heavy atom. The molecular weight excluding hydrogens is 521 g/mol. The molecule has 0 aliphatic heterocycles. The number of fused-ring (bicyclic) bond motifs is 1. The molecule has 2 aromatic carbocycles. The van der Waals surface area contributed by atoms with Gasteiger partial charge in [0.25, 0.3) is 0 Å². The summed E-state index contributed by atoms with van der Waals surface area (Å²) in [7, 11) is -1.78. The number of phenols is 1. The molecule has 230 valence electrons. The van der Waals surface area contributed by atoms with Crippen LogP contribution >= 0.6 is 7.26 Å². The normalized spacial score (nSPS) is 12.4. The molecule has 41 heavy (non-hydrogen) atoms. The fourth-order valence-corrected chi connectivity index (χ4v) is 11.8. The van der Waals surface area contributed by atoms with E-state index in [0.29, 0.717) is 0 Å². The zero-order valence-corrected chi connectivity index (χ0v) is 27.7. The van der Waals surface area contributed by atoms with Crippen molar-refractivity contribution in [1.82, 2.24) is 15.0 Å². The van der Waals surface area contributed by atoms with E-state index < -0.39 is 7.26 Å². The van der Waals surface area contributed by atoms with Crippen LogP contribution in [0.4, 0.5) is 0 Å². The SMILES string of the molecule is CCCCCCCC[PH](CCCCCCCC)(CCCCCCCC)c1ccc(O)c(-n2nc3ccccc3n2)c1. The van der Waals surface area contributed by atoms with Crippen LogP contribution < -0.4 is 5.30 Å². The Hall–Kier alpha value is -1.93. The van der Waals surface area contributed by atoms with Crippen LogP contribution in [0.5, 0.6) is 5.75 Å². The van der Waals surface area contributed by atoms with Gasteiger partial charge in [0.1, 0.15) is 0 Å². The Balaban J connectivity index is 1.87. The van der Waals surface area contributed by atoms with Crippen LogP contribution in [0.3, 0.4) is 0 Å². The third kappa shape index (κ3) is 11.0. The third-order valence-corrected chi connectivity index (χ3v) is 14.6. The molecule has 0 atom stereocenters. The summed E-state index contributed by atoms with van der Waals surface area (Å²) in [5.41, 5.74) is 2.48. The summed E-state index contributed by atoms with van der Waals surface area (Å²) < 4.78 is 0.